The Morgan fingerprint density at radius 3 is 2.84 bits per heavy atom. The van der Waals surface area contributed by atoms with E-state index < -0.39 is 5.97 Å². The summed E-state index contributed by atoms with van der Waals surface area (Å²) in [5, 5.41) is 12.6. The molecule has 1 fully saturated rings. The van der Waals surface area contributed by atoms with E-state index in [1.165, 1.54) is 0 Å². The lowest BCUT2D eigenvalue weighted by Gasteiger charge is -2.24. The molecule has 0 radical (unpaired) electrons. The molecule has 3 rings (SSSR count). The maximum absolute atomic E-state index is 11.4. The molecule has 2 aliphatic rings. The Kier molecular flexibility index (Phi) is 3.44. The number of ether oxygens (including phenoxy) is 1. The van der Waals surface area contributed by atoms with Gasteiger partial charge in [-0.1, -0.05) is 0 Å². The number of carboxylic acid groups (broad SMARTS) is 1. The maximum Gasteiger partial charge on any atom is 0.354 e. The van der Waals surface area contributed by atoms with Gasteiger partial charge in [0, 0.05) is 31.2 Å². The van der Waals surface area contributed by atoms with Crippen molar-refractivity contribution in [2.24, 2.45) is 0 Å². The van der Waals surface area contributed by atoms with Gasteiger partial charge in [-0.25, -0.2) is 14.8 Å². The molecule has 0 aromatic carbocycles. The zero-order valence-electron chi connectivity index (χ0n) is 10.7. The van der Waals surface area contributed by atoms with Gasteiger partial charge in [0.15, 0.2) is 5.69 Å². The third-order valence-electron chi connectivity index (χ3n) is 3.74. The first-order chi connectivity index (χ1) is 9.25. The predicted octanol–water partition coefficient (Wildman–Crippen LogP) is 0.714. The summed E-state index contributed by atoms with van der Waals surface area (Å²) in [5.41, 5.74) is 1.83. The van der Waals surface area contributed by atoms with Crippen molar-refractivity contribution < 1.29 is 14.6 Å². The van der Waals surface area contributed by atoms with Crippen LogP contribution in [0.1, 0.15) is 46.3 Å². The Labute approximate surface area is 111 Å². The number of nitrogens with zero attached hydrogens (tertiary/aromatic N) is 2. The minimum absolute atomic E-state index is 0.188. The lowest BCUT2D eigenvalue weighted by molar-refractivity contribution is 0.0686. The van der Waals surface area contributed by atoms with Crippen LogP contribution in [0.3, 0.4) is 0 Å². The minimum Gasteiger partial charge on any atom is -0.477 e. The normalized spacial score (nSPS) is 20.0. The number of hydrogen-bond donors (Lipinski definition) is 2. The van der Waals surface area contributed by atoms with Crippen molar-refractivity contribution in [3.8, 4) is 0 Å². The Hall–Kier alpha value is -1.53. The van der Waals surface area contributed by atoms with Gasteiger partial charge in [0.05, 0.1) is 5.69 Å². The Morgan fingerprint density at radius 1 is 1.32 bits per heavy atom. The van der Waals surface area contributed by atoms with E-state index in [0.717, 1.165) is 30.6 Å². The number of fused-ring (bicyclic) bond motifs is 1. The molecule has 0 bridgehead atoms. The summed E-state index contributed by atoms with van der Waals surface area (Å²) < 4.78 is 5.33. The molecule has 0 aliphatic carbocycles. The first kappa shape index (κ1) is 12.5. The van der Waals surface area contributed by atoms with Crippen LogP contribution in [0.15, 0.2) is 0 Å². The molecule has 2 aliphatic heterocycles. The fraction of sp³-hybridized carbons (Fsp3) is 0.615. The van der Waals surface area contributed by atoms with Crippen LogP contribution in [0.25, 0.3) is 0 Å². The molecule has 19 heavy (non-hydrogen) atoms. The summed E-state index contributed by atoms with van der Waals surface area (Å²) in [7, 11) is 0. The highest BCUT2D eigenvalue weighted by molar-refractivity contribution is 5.87. The highest BCUT2D eigenvalue weighted by Gasteiger charge is 2.25. The summed E-state index contributed by atoms with van der Waals surface area (Å²) in [4.78, 5) is 20.3. The number of aromatic nitrogens is 2. The van der Waals surface area contributed by atoms with Gasteiger partial charge in [0.25, 0.3) is 0 Å². The van der Waals surface area contributed by atoms with Gasteiger partial charge in [-0.2, -0.15) is 0 Å². The molecule has 1 aromatic heterocycles. The van der Waals surface area contributed by atoms with Gasteiger partial charge in [-0.15, -0.1) is 0 Å². The molecule has 2 N–H and O–H groups in total. The number of carboxylic acids is 1. The smallest absolute Gasteiger partial charge is 0.354 e. The van der Waals surface area contributed by atoms with Crippen molar-refractivity contribution in [2.45, 2.75) is 31.7 Å². The average Bonchev–Trinajstić information content (AvgIpc) is 2.47. The zero-order chi connectivity index (χ0) is 13.2. The van der Waals surface area contributed by atoms with Gasteiger partial charge in [0.1, 0.15) is 5.82 Å². The fourth-order valence-electron chi connectivity index (χ4n) is 2.69. The topological polar surface area (TPSA) is 84.3 Å². The standard InChI is InChI=1S/C13H17N3O3/c17-13(18)11-9-1-4-14-7-10(9)15-12(16-11)8-2-5-19-6-3-8/h8,14H,1-7H2,(H,17,18). The van der Waals surface area contributed by atoms with Crippen molar-refractivity contribution in [3.63, 3.8) is 0 Å². The number of aromatic carboxylic acids is 1. The van der Waals surface area contributed by atoms with Crippen molar-refractivity contribution in [1.82, 2.24) is 15.3 Å². The summed E-state index contributed by atoms with van der Waals surface area (Å²) >= 11 is 0. The van der Waals surface area contributed by atoms with Gasteiger partial charge in [-0.3, -0.25) is 0 Å². The lowest BCUT2D eigenvalue weighted by atomic mass is 9.97. The predicted molar refractivity (Wildman–Crippen MR) is 67.2 cm³/mol. The van der Waals surface area contributed by atoms with Gasteiger partial charge in [-0.05, 0) is 25.8 Å². The van der Waals surface area contributed by atoms with Gasteiger partial charge >= 0.3 is 5.97 Å². The summed E-state index contributed by atoms with van der Waals surface area (Å²) in [5.74, 6) is -0.0592. The monoisotopic (exact) mass is 263 g/mol. The molecule has 0 atom stereocenters. The second-order valence-corrected chi connectivity index (χ2v) is 4.97. The maximum atomic E-state index is 11.4. The van der Waals surface area contributed by atoms with E-state index in [1.807, 2.05) is 0 Å². The van der Waals surface area contributed by atoms with Crippen LogP contribution in [-0.4, -0.2) is 40.8 Å². The molecule has 0 spiro atoms. The van der Waals surface area contributed by atoms with Crippen molar-refractivity contribution in [1.29, 1.82) is 0 Å². The molecule has 0 unspecified atom stereocenters. The van der Waals surface area contributed by atoms with Crippen LogP contribution in [0.5, 0.6) is 0 Å². The highest BCUT2D eigenvalue weighted by atomic mass is 16.5. The van der Waals surface area contributed by atoms with Crippen LogP contribution >= 0.6 is 0 Å². The van der Waals surface area contributed by atoms with Gasteiger partial charge in [0.2, 0.25) is 0 Å². The number of rotatable bonds is 2. The first-order valence-electron chi connectivity index (χ1n) is 6.67. The summed E-state index contributed by atoms with van der Waals surface area (Å²) in [6, 6.07) is 0. The largest absolute Gasteiger partial charge is 0.477 e. The summed E-state index contributed by atoms with van der Waals surface area (Å²) in [6.07, 6.45) is 2.42. The second kappa shape index (κ2) is 5.22. The van der Waals surface area contributed by atoms with Crippen LogP contribution in [0.4, 0.5) is 0 Å². The summed E-state index contributed by atoms with van der Waals surface area (Å²) in [6.45, 7) is 2.82. The quantitative estimate of drug-likeness (QED) is 0.817. The zero-order valence-corrected chi connectivity index (χ0v) is 10.7. The molecule has 6 heteroatoms. The van der Waals surface area contributed by atoms with E-state index in [9.17, 15) is 9.90 Å². The van der Waals surface area contributed by atoms with E-state index in [-0.39, 0.29) is 11.6 Å². The molecule has 6 nitrogen and oxygen atoms in total. The molecule has 0 saturated carbocycles. The lowest BCUT2D eigenvalue weighted by Crippen LogP contribution is -2.29. The van der Waals surface area contributed by atoms with E-state index in [0.29, 0.717) is 32.0 Å². The molecule has 3 heterocycles. The third-order valence-corrected chi connectivity index (χ3v) is 3.74. The fourth-order valence-corrected chi connectivity index (χ4v) is 2.69. The van der Waals surface area contributed by atoms with Crippen LogP contribution in [-0.2, 0) is 17.7 Å². The second-order valence-electron chi connectivity index (χ2n) is 4.97. The Balaban J connectivity index is 2.00. The molecule has 0 amide bonds. The highest BCUT2D eigenvalue weighted by Crippen LogP contribution is 2.26. The molecular weight excluding hydrogens is 246 g/mol. The average molecular weight is 263 g/mol. The third kappa shape index (κ3) is 2.46. The number of hydrogen-bond acceptors (Lipinski definition) is 5. The number of carbonyl (C=O) groups is 1. The van der Waals surface area contributed by atoms with E-state index in [4.69, 9.17) is 4.74 Å². The van der Waals surface area contributed by atoms with Crippen molar-refractivity contribution >= 4 is 5.97 Å². The van der Waals surface area contributed by atoms with E-state index in [1.54, 1.807) is 0 Å². The first-order valence-corrected chi connectivity index (χ1v) is 6.67. The molecule has 1 saturated heterocycles. The van der Waals surface area contributed by atoms with Crippen molar-refractivity contribution in [3.05, 3.63) is 22.8 Å². The molecule has 1 aromatic rings. The Morgan fingerprint density at radius 2 is 2.11 bits per heavy atom. The number of nitrogens with one attached hydrogen (secondary N) is 1. The van der Waals surface area contributed by atoms with Crippen molar-refractivity contribution in [2.75, 3.05) is 19.8 Å². The SMILES string of the molecule is O=C(O)c1nc(C2CCOCC2)nc2c1CCNC2. The van der Waals surface area contributed by atoms with E-state index in [2.05, 4.69) is 15.3 Å². The van der Waals surface area contributed by atoms with E-state index >= 15 is 0 Å². The molecule has 102 valence electrons. The van der Waals surface area contributed by atoms with Crippen LogP contribution in [0.2, 0.25) is 0 Å². The van der Waals surface area contributed by atoms with Crippen LogP contribution < -0.4 is 5.32 Å². The van der Waals surface area contributed by atoms with Crippen LogP contribution in [0, 0.1) is 0 Å². The Bertz CT molecular complexity index is 498. The van der Waals surface area contributed by atoms with Gasteiger partial charge < -0.3 is 15.2 Å². The minimum atomic E-state index is -0.950. The molecular formula is C13H17N3O3.